The highest BCUT2D eigenvalue weighted by Gasteiger charge is 2.36. The van der Waals surface area contributed by atoms with Crippen LogP contribution in [0.2, 0.25) is 5.02 Å². The smallest absolute Gasteiger partial charge is 0.264 e. The Balaban J connectivity index is 1.19. The number of halogens is 1. The molecule has 4 aromatic rings. The van der Waals surface area contributed by atoms with Crippen LogP contribution in [0, 0.1) is 0 Å². The molecule has 5 rings (SSSR count). The van der Waals surface area contributed by atoms with E-state index in [9.17, 15) is 13.2 Å². The number of hydrogen-bond acceptors (Lipinski definition) is 5. The number of carbonyl (C=O) groups is 1. The van der Waals surface area contributed by atoms with Gasteiger partial charge in [-0.05, 0) is 79.9 Å². The molecular weight excluding hydrogens is 508 g/mol. The van der Waals surface area contributed by atoms with Gasteiger partial charge < -0.3 is 10.6 Å². The molecule has 0 fully saturated rings. The van der Waals surface area contributed by atoms with Gasteiger partial charge in [0.1, 0.15) is 0 Å². The van der Waals surface area contributed by atoms with Crippen molar-refractivity contribution in [2.24, 2.45) is 0 Å². The van der Waals surface area contributed by atoms with Gasteiger partial charge in [0.15, 0.2) is 0 Å². The van der Waals surface area contributed by atoms with Crippen LogP contribution in [0.5, 0.6) is 0 Å². The van der Waals surface area contributed by atoms with E-state index >= 15 is 0 Å². The van der Waals surface area contributed by atoms with Gasteiger partial charge in [-0.3, -0.25) is 14.1 Å². The predicted molar refractivity (Wildman–Crippen MR) is 148 cm³/mol. The van der Waals surface area contributed by atoms with Crippen molar-refractivity contribution in [3.63, 3.8) is 0 Å². The highest BCUT2D eigenvalue weighted by molar-refractivity contribution is 7.92. The molecule has 0 spiro atoms. The molecule has 9 heteroatoms. The van der Waals surface area contributed by atoms with Gasteiger partial charge >= 0.3 is 0 Å². The summed E-state index contributed by atoms with van der Waals surface area (Å²) in [6.45, 7) is 3.06. The average Bonchev–Trinajstić information content (AvgIpc) is 3.24. The summed E-state index contributed by atoms with van der Waals surface area (Å²) < 4.78 is 28.0. The molecule has 0 radical (unpaired) electrons. The molecule has 0 saturated heterocycles. The highest BCUT2D eigenvalue weighted by Crippen LogP contribution is 2.37. The van der Waals surface area contributed by atoms with Crippen molar-refractivity contribution >= 4 is 49.8 Å². The van der Waals surface area contributed by atoms with Gasteiger partial charge in [-0.2, -0.15) is 0 Å². The summed E-state index contributed by atoms with van der Waals surface area (Å²) in [7, 11) is -3.68. The third-order valence-corrected chi connectivity index (χ3v) is 8.63. The van der Waals surface area contributed by atoms with Gasteiger partial charge in [0.2, 0.25) is 0 Å². The Bertz CT molecular complexity index is 1560. The average molecular weight is 535 g/mol. The molecule has 1 aromatic heterocycles. The number of aromatic nitrogens is 1. The van der Waals surface area contributed by atoms with Crippen molar-refractivity contribution in [2.45, 2.75) is 30.7 Å². The summed E-state index contributed by atoms with van der Waals surface area (Å²) in [4.78, 5) is 17.4. The lowest BCUT2D eigenvalue weighted by Crippen LogP contribution is -2.35. The van der Waals surface area contributed by atoms with Crippen molar-refractivity contribution in [2.75, 3.05) is 22.7 Å². The summed E-state index contributed by atoms with van der Waals surface area (Å²) in [5.74, 6) is -0.177. The van der Waals surface area contributed by atoms with Crippen LogP contribution in [0.1, 0.15) is 29.3 Å². The van der Waals surface area contributed by atoms with E-state index in [1.165, 1.54) is 4.31 Å². The Kier molecular flexibility index (Phi) is 7.04. The number of amides is 1. The zero-order chi connectivity index (χ0) is 26.0. The number of nitrogens with one attached hydrogen (secondary N) is 2. The van der Waals surface area contributed by atoms with Crippen LogP contribution < -0.4 is 14.9 Å². The Labute approximate surface area is 221 Å². The van der Waals surface area contributed by atoms with Crippen LogP contribution in [0.15, 0.2) is 83.9 Å². The lowest BCUT2D eigenvalue weighted by molar-refractivity contribution is 0.0953. The van der Waals surface area contributed by atoms with E-state index in [1.54, 1.807) is 54.7 Å². The summed E-state index contributed by atoms with van der Waals surface area (Å²) in [5, 5.41) is 7.99. The maximum absolute atomic E-state index is 13.3. The molecule has 7 nitrogen and oxygen atoms in total. The molecule has 0 saturated carbocycles. The molecule has 0 bridgehead atoms. The number of anilines is 2. The van der Waals surface area contributed by atoms with E-state index in [0.29, 0.717) is 35.8 Å². The molecule has 0 aliphatic carbocycles. The normalized spacial score (nSPS) is 15.0. The maximum Gasteiger partial charge on any atom is 0.264 e. The van der Waals surface area contributed by atoms with Gasteiger partial charge in [0.25, 0.3) is 15.9 Å². The number of benzene rings is 3. The summed E-state index contributed by atoms with van der Waals surface area (Å²) in [6, 6.07) is 20.9. The molecule has 1 aliphatic rings. The second-order valence-electron chi connectivity index (χ2n) is 9.07. The maximum atomic E-state index is 13.3. The SMILES string of the molecule is C[C@@H]1Cc2cc(C(=O)NCCCNc3ccnc4cc(Cl)ccc34)ccc2N1S(=O)(=O)c1ccccc1. The fourth-order valence-electron chi connectivity index (χ4n) is 4.71. The monoisotopic (exact) mass is 534 g/mol. The Morgan fingerprint density at radius 2 is 1.86 bits per heavy atom. The fourth-order valence-corrected chi connectivity index (χ4v) is 6.59. The molecule has 37 heavy (non-hydrogen) atoms. The molecule has 1 aliphatic heterocycles. The fraction of sp³-hybridized carbons (Fsp3) is 0.214. The Hall–Kier alpha value is -3.62. The first-order valence-electron chi connectivity index (χ1n) is 12.1. The predicted octanol–water partition coefficient (Wildman–Crippen LogP) is 5.26. The Morgan fingerprint density at radius 1 is 1.05 bits per heavy atom. The second kappa shape index (κ2) is 10.4. The summed E-state index contributed by atoms with van der Waals surface area (Å²) >= 11 is 6.06. The van der Waals surface area contributed by atoms with Gasteiger partial charge in [-0.1, -0.05) is 29.8 Å². The van der Waals surface area contributed by atoms with Crippen molar-refractivity contribution in [1.82, 2.24) is 10.3 Å². The number of pyridine rings is 1. The first-order valence-corrected chi connectivity index (χ1v) is 13.9. The van der Waals surface area contributed by atoms with Gasteiger partial charge in [0, 0.05) is 47.0 Å². The van der Waals surface area contributed by atoms with Crippen LogP contribution in [-0.2, 0) is 16.4 Å². The van der Waals surface area contributed by atoms with Crippen molar-refractivity contribution < 1.29 is 13.2 Å². The van der Waals surface area contributed by atoms with E-state index in [4.69, 9.17) is 11.6 Å². The lowest BCUT2D eigenvalue weighted by atomic mass is 10.1. The number of sulfonamides is 1. The van der Waals surface area contributed by atoms with Crippen LogP contribution in [-0.4, -0.2) is 38.4 Å². The first-order chi connectivity index (χ1) is 17.8. The number of rotatable bonds is 8. The van der Waals surface area contributed by atoms with E-state index in [2.05, 4.69) is 15.6 Å². The van der Waals surface area contributed by atoms with Crippen LogP contribution in [0.25, 0.3) is 10.9 Å². The van der Waals surface area contributed by atoms with Gasteiger partial charge in [-0.15, -0.1) is 0 Å². The van der Waals surface area contributed by atoms with Crippen LogP contribution >= 0.6 is 11.6 Å². The van der Waals surface area contributed by atoms with E-state index in [1.807, 2.05) is 31.2 Å². The Morgan fingerprint density at radius 3 is 2.68 bits per heavy atom. The molecule has 3 aromatic carbocycles. The molecule has 190 valence electrons. The highest BCUT2D eigenvalue weighted by atomic mass is 35.5. The minimum absolute atomic E-state index is 0.177. The minimum Gasteiger partial charge on any atom is -0.384 e. The third-order valence-electron chi connectivity index (χ3n) is 6.45. The van der Waals surface area contributed by atoms with Crippen molar-refractivity contribution in [3.8, 4) is 0 Å². The first kappa shape index (κ1) is 25.0. The third kappa shape index (κ3) is 5.12. The van der Waals surface area contributed by atoms with Gasteiger partial charge in [-0.25, -0.2) is 8.42 Å². The van der Waals surface area contributed by atoms with Crippen LogP contribution in [0.4, 0.5) is 11.4 Å². The topological polar surface area (TPSA) is 91.4 Å². The van der Waals surface area contributed by atoms with Crippen molar-refractivity contribution in [3.05, 3.63) is 95.1 Å². The molecule has 2 heterocycles. The van der Waals surface area contributed by atoms with Crippen LogP contribution in [0.3, 0.4) is 0 Å². The number of fused-ring (bicyclic) bond motifs is 2. The number of carbonyl (C=O) groups excluding carboxylic acids is 1. The van der Waals surface area contributed by atoms with E-state index in [-0.39, 0.29) is 16.8 Å². The number of hydrogen-bond donors (Lipinski definition) is 2. The largest absolute Gasteiger partial charge is 0.384 e. The lowest BCUT2D eigenvalue weighted by Gasteiger charge is -2.24. The van der Waals surface area contributed by atoms with Gasteiger partial charge in [0.05, 0.1) is 16.1 Å². The van der Waals surface area contributed by atoms with Crippen molar-refractivity contribution in [1.29, 1.82) is 0 Å². The second-order valence-corrected chi connectivity index (χ2v) is 11.3. The minimum atomic E-state index is -3.68. The molecule has 0 unspecified atom stereocenters. The molecule has 1 amide bonds. The zero-order valence-corrected chi connectivity index (χ0v) is 21.9. The number of nitrogens with zero attached hydrogens (tertiary/aromatic N) is 2. The zero-order valence-electron chi connectivity index (χ0n) is 20.3. The molecular formula is C28H27ClN4O3S. The molecule has 1 atom stereocenters. The van der Waals surface area contributed by atoms with E-state index < -0.39 is 10.0 Å². The summed E-state index contributed by atoms with van der Waals surface area (Å²) in [5.41, 5.74) is 3.80. The van der Waals surface area contributed by atoms with E-state index in [0.717, 1.165) is 28.6 Å². The molecule has 2 N–H and O–H groups in total. The summed E-state index contributed by atoms with van der Waals surface area (Å²) in [6.07, 6.45) is 3.02. The quantitative estimate of drug-likeness (QED) is 0.301. The standard InChI is InChI=1S/C28H27ClN4O3S/c1-19-16-21-17-20(8-11-27(21)33(19)37(35,36)23-6-3-2-4-7-23)28(34)32-14-5-13-30-25-12-15-31-26-18-22(29)9-10-24(25)26/h2-4,6-12,15,17-19H,5,13-14,16H2,1H3,(H,30,31)(H,32,34)/t19-/m1/s1.